The summed E-state index contributed by atoms with van der Waals surface area (Å²) in [4.78, 5) is 16.5. The number of carbonyl (C=O) groups is 1. The Morgan fingerprint density at radius 3 is 2.18 bits per heavy atom. The van der Waals surface area contributed by atoms with Crippen LogP contribution in [0.4, 0.5) is 19.0 Å². The molecular formula is C27H22BrF3N2O5S. The number of carbonyl (C=O) groups excluding carboxylic acids is 1. The number of anilines is 1. The zero-order valence-corrected chi connectivity index (χ0v) is 23.1. The van der Waals surface area contributed by atoms with Crippen molar-refractivity contribution in [3.63, 3.8) is 0 Å². The number of hydrogen-bond acceptors (Lipinski definition) is 6. The second-order valence-electron chi connectivity index (χ2n) is 8.35. The molecule has 12 heteroatoms. The lowest BCUT2D eigenvalue weighted by atomic mass is 10.1. The van der Waals surface area contributed by atoms with Crippen LogP contribution in [-0.2, 0) is 21.3 Å². The first kappa shape index (κ1) is 28.4. The lowest BCUT2D eigenvalue weighted by molar-refractivity contribution is -0.274. The normalized spacial score (nSPS) is 11.8. The van der Waals surface area contributed by atoms with Crippen molar-refractivity contribution in [2.24, 2.45) is 0 Å². The van der Waals surface area contributed by atoms with E-state index in [-0.39, 0.29) is 29.4 Å². The minimum atomic E-state index is -4.86. The smallest absolute Gasteiger partial charge is 0.462 e. The van der Waals surface area contributed by atoms with Gasteiger partial charge in [0.1, 0.15) is 16.2 Å². The molecule has 0 radical (unpaired) electrons. The van der Waals surface area contributed by atoms with Crippen LogP contribution in [0.2, 0.25) is 0 Å². The SMILES string of the molecule is CCOC(=O)c1ccc(S(=O)(=O)N(Cc2ccc(OC(F)(F)F)cc2)c2nc(Br)c3ccccc3c2C)cc1. The number of fused-ring (bicyclic) bond motifs is 1. The molecule has 204 valence electrons. The number of benzene rings is 3. The molecule has 0 saturated heterocycles. The summed E-state index contributed by atoms with van der Waals surface area (Å²) in [6.07, 6.45) is -4.86. The first-order valence-electron chi connectivity index (χ1n) is 11.6. The van der Waals surface area contributed by atoms with Gasteiger partial charge in [-0.3, -0.25) is 0 Å². The molecule has 0 N–H and O–H groups in total. The largest absolute Gasteiger partial charge is 0.573 e. The molecule has 0 aliphatic heterocycles. The highest BCUT2D eigenvalue weighted by atomic mass is 79.9. The number of halogens is 4. The Kier molecular flexibility index (Phi) is 8.17. The Morgan fingerprint density at radius 1 is 0.974 bits per heavy atom. The highest BCUT2D eigenvalue weighted by Gasteiger charge is 2.32. The van der Waals surface area contributed by atoms with E-state index in [2.05, 4.69) is 25.7 Å². The topological polar surface area (TPSA) is 85.8 Å². The third-order valence-corrected chi connectivity index (χ3v) is 8.12. The zero-order chi connectivity index (χ0) is 28.4. The van der Waals surface area contributed by atoms with Gasteiger partial charge in [0, 0.05) is 10.9 Å². The summed E-state index contributed by atoms with van der Waals surface area (Å²) in [7, 11) is -4.27. The van der Waals surface area contributed by atoms with Gasteiger partial charge in [0.15, 0.2) is 0 Å². The molecule has 4 rings (SSSR count). The van der Waals surface area contributed by atoms with Crippen LogP contribution in [0.3, 0.4) is 0 Å². The van der Waals surface area contributed by atoms with Gasteiger partial charge in [0.25, 0.3) is 10.0 Å². The van der Waals surface area contributed by atoms with Gasteiger partial charge in [-0.05, 0) is 77.1 Å². The van der Waals surface area contributed by atoms with Crippen molar-refractivity contribution >= 4 is 48.5 Å². The minimum Gasteiger partial charge on any atom is -0.462 e. The highest BCUT2D eigenvalue weighted by Crippen LogP contribution is 2.35. The molecule has 0 fully saturated rings. The number of aryl methyl sites for hydroxylation is 1. The molecule has 0 atom stereocenters. The van der Waals surface area contributed by atoms with Crippen LogP contribution in [0.15, 0.2) is 82.3 Å². The molecule has 4 aromatic rings. The number of nitrogens with zero attached hydrogens (tertiary/aromatic N) is 2. The predicted octanol–water partition coefficient (Wildman–Crippen LogP) is 6.78. The Hall–Kier alpha value is -3.64. The third kappa shape index (κ3) is 6.34. The minimum absolute atomic E-state index is 0.113. The summed E-state index contributed by atoms with van der Waals surface area (Å²) < 4.78 is 76.1. The van der Waals surface area contributed by atoms with Crippen molar-refractivity contribution in [2.75, 3.05) is 10.9 Å². The first-order valence-corrected chi connectivity index (χ1v) is 13.8. The Morgan fingerprint density at radius 2 is 1.59 bits per heavy atom. The molecule has 1 aromatic heterocycles. The fourth-order valence-electron chi connectivity index (χ4n) is 3.93. The number of pyridine rings is 1. The van der Waals surface area contributed by atoms with Crippen LogP contribution in [0.5, 0.6) is 5.75 Å². The van der Waals surface area contributed by atoms with E-state index in [0.29, 0.717) is 15.7 Å². The molecule has 0 bridgehead atoms. The molecule has 0 saturated carbocycles. The van der Waals surface area contributed by atoms with Crippen molar-refractivity contribution in [1.82, 2.24) is 4.98 Å². The van der Waals surface area contributed by atoms with E-state index in [9.17, 15) is 26.4 Å². The van der Waals surface area contributed by atoms with E-state index in [4.69, 9.17) is 4.74 Å². The standard InChI is InChI=1S/C27H22BrF3N2O5S/c1-3-37-26(34)19-10-14-21(15-11-19)39(35,36)33(16-18-8-12-20(13-9-18)38-27(29,30)31)25-17(2)22-6-4-5-7-23(22)24(28)32-25/h4-15H,3,16H2,1-2H3. The van der Waals surface area contributed by atoms with Crippen LogP contribution in [0.1, 0.15) is 28.4 Å². The summed E-state index contributed by atoms with van der Waals surface area (Å²) in [6, 6.07) is 17.5. The van der Waals surface area contributed by atoms with Crippen molar-refractivity contribution in [1.29, 1.82) is 0 Å². The van der Waals surface area contributed by atoms with Gasteiger partial charge < -0.3 is 9.47 Å². The summed E-state index contributed by atoms with van der Waals surface area (Å²) in [5, 5.41) is 1.55. The fraction of sp³-hybridized carbons (Fsp3) is 0.185. The van der Waals surface area contributed by atoms with E-state index in [1.807, 2.05) is 24.3 Å². The van der Waals surface area contributed by atoms with Crippen LogP contribution < -0.4 is 9.04 Å². The van der Waals surface area contributed by atoms with Gasteiger partial charge in [-0.25, -0.2) is 22.5 Å². The Bertz CT molecular complexity index is 1610. The number of alkyl halides is 3. The molecule has 39 heavy (non-hydrogen) atoms. The summed E-state index contributed by atoms with van der Waals surface area (Å²) in [5.41, 5.74) is 1.16. The van der Waals surface area contributed by atoms with Crippen LogP contribution >= 0.6 is 15.9 Å². The van der Waals surface area contributed by atoms with Crippen molar-refractivity contribution < 1.29 is 35.9 Å². The maximum absolute atomic E-state index is 14.0. The van der Waals surface area contributed by atoms with Gasteiger partial charge in [0.05, 0.1) is 23.6 Å². The fourth-order valence-corrected chi connectivity index (χ4v) is 5.90. The van der Waals surface area contributed by atoms with Crippen LogP contribution in [-0.4, -0.2) is 32.3 Å². The van der Waals surface area contributed by atoms with Gasteiger partial charge in [0.2, 0.25) is 0 Å². The quantitative estimate of drug-likeness (QED) is 0.159. The molecule has 0 unspecified atom stereocenters. The molecule has 7 nitrogen and oxygen atoms in total. The molecule has 0 aliphatic rings. The third-order valence-electron chi connectivity index (χ3n) is 5.77. The van der Waals surface area contributed by atoms with Crippen molar-refractivity contribution in [3.05, 3.63) is 94.1 Å². The van der Waals surface area contributed by atoms with Crippen LogP contribution in [0, 0.1) is 6.92 Å². The number of aromatic nitrogens is 1. The van der Waals surface area contributed by atoms with Crippen molar-refractivity contribution in [3.8, 4) is 5.75 Å². The van der Waals surface area contributed by atoms with E-state index in [1.54, 1.807) is 13.8 Å². The number of rotatable bonds is 8. The first-order chi connectivity index (χ1) is 18.4. The van der Waals surface area contributed by atoms with Gasteiger partial charge in [-0.2, -0.15) is 0 Å². The summed E-state index contributed by atoms with van der Waals surface area (Å²) in [6.45, 7) is 3.32. The summed E-state index contributed by atoms with van der Waals surface area (Å²) in [5.74, 6) is -0.890. The van der Waals surface area contributed by atoms with E-state index in [0.717, 1.165) is 27.2 Å². The lowest BCUT2D eigenvalue weighted by Gasteiger charge is -2.26. The van der Waals surface area contributed by atoms with E-state index < -0.39 is 28.1 Å². The second kappa shape index (κ2) is 11.2. The molecule has 1 heterocycles. The summed E-state index contributed by atoms with van der Waals surface area (Å²) >= 11 is 3.43. The highest BCUT2D eigenvalue weighted by molar-refractivity contribution is 9.10. The molecular weight excluding hydrogens is 601 g/mol. The van der Waals surface area contributed by atoms with Crippen molar-refractivity contribution in [2.45, 2.75) is 31.7 Å². The molecule has 0 aliphatic carbocycles. The van der Waals surface area contributed by atoms with E-state index in [1.165, 1.54) is 36.4 Å². The average molecular weight is 623 g/mol. The Balaban J connectivity index is 1.80. The second-order valence-corrected chi connectivity index (χ2v) is 11.0. The average Bonchev–Trinajstić information content (AvgIpc) is 2.90. The van der Waals surface area contributed by atoms with Crippen LogP contribution in [0.25, 0.3) is 10.8 Å². The number of ether oxygens (including phenoxy) is 2. The maximum Gasteiger partial charge on any atom is 0.573 e. The maximum atomic E-state index is 14.0. The number of esters is 1. The molecule has 0 amide bonds. The van der Waals surface area contributed by atoms with Gasteiger partial charge in [-0.1, -0.05) is 36.4 Å². The number of sulfonamides is 1. The molecule has 3 aromatic carbocycles. The van der Waals surface area contributed by atoms with E-state index >= 15 is 0 Å². The zero-order valence-electron chi connectivity index (χ0n) is 20.7. The predicted molar refractivity (Wildman–Crippen MR) is 143 cm³/mol. The number of hydrogen-bond donors (Lipinski definition) is 0. The lowest BCUT2D eigenvalue weighted by Crippen LogP contribution is -2.32. The monoisotopic (exact) mass is 622 g/mol. The Labute approximate surface area is 231 Å². The molecule has 0 spiro atoms. The van der Waals surface area contributed by atoms with Gasteiger partial charge in [-0.15, -0.1) is 13.2 Å². The van der Waals surface area contributed by atoms with Gasteiger partial charge >= 0.3 is 12.3 Å².